The molecule has 0 aliphatic carbocycles. The molecule has 1 aliphatic rings. The fraction of sp³-hybridized carbons (Fsp3) is 0.375. The van der Waals surface area contributed by atoms with Crippen LogP contribution in [0.2, 0.25) is 0 Å². The Morgan fingerprint density at radius 1 is 1.13 bits per heavy atom. The molecule has 0 aromatic heterocycles. The van der Waals surface area contributed by atoms with Crippen LogP contribution in [0.5, 0.6) is 11.5 Å². The first-order valence-corrected chi connectivity index (χ1v) is 10.4. The maximum atomic E-state index is 12.2. The minimum atomic E-state index is -2.83. The van der Waals surface area contributed by atoms with Gasteiger partial charge in [0.05, 0.1) is 0 Å². The molecular formula is C24H27F2NO4. The van der Waals surface area contributed by atoms with Crippen molar-refractivity contribution in [2.75, 3.05) is 26.2 Å². The summed E-state index contributed by atoms with van der Waals surface area (Å²) in [4.78, 5) is 13.0. The standard InChI is InChI=1S/C24H27F2NO4/c25-24(26)31-20-10-8-18(9-11-20)4-3-17-30-22-6-1-5-19-12-15-27(16-13-21(19)22)14-2-7-23(28)29/h1,3-6,8-11,24H,2,7,12-17H2,(H,28,29)/b4-3+. The Morgan fingerprint density at radius 3 is 2.65 bits per heavy atom. The van der Waals surface area contributed by atoms with Gasteiger partial charge in [-0.15, -0.1) is 0 Å². The van der Waals surface area contributed by atoms with E-state index in [0.717, 1.165) is 43.8 Å². The average molecular weight is 431 g/mol. The summed E-state index contributed by atoms with van der Waals surface area (Å²) in [5.41, 5.74) is 3.36. The zero-order chi connectivity index (χ0) is 22.1. The molecule has 7 heteroatoms. The number of carbonyl (C=O) groups is 1. The van der Waals surface area contributed by atoms with Gasteiger partial charge in [0, 0.05) is 19.5 Å². The molecule has 0 radical (unpaired) electrons. The summed E-state index contributed by atoms with van der Waals surface area (Å²) >= 11 is 0. The van der Waals surface area contributed by atoms with Crippen LogP contribution in [-0.2, 0) is 17.6 Å². The van der Waals surface area contributed by atoms with Gasteiger partial charge in [-0.05, 0) is 66.8 Å². The third-order valence-electron chi connectivity index (χ3n) is 5.22. The van der Waals surface area contributed by atoms with E-state index in [1.807, 2.05) is 24.3 Å². The van der Waals surface area contributed by atoms with Gasteiger partial charge in [-0.25, -0.2) is 0 Å². The highest BCUT2D eigenvalue weighted by atomic mass is 19.3. The molecule has 0 amide bonds. The van der Waals surface area contributed by atoms with Crippen molar-refractivity contribution in [1.82, 2.24) is 4.90 Å². The Hall–Kier alpha value is -2.93. The van der Waals surface area contributed by atoms with E-state index >= 15 is 0 Å². The average Bonchev–Trinajstić information content (AvgIpc) is 2.95. The fourth-order valence-electron chi connectivity index (χ4n) is 3.68. The number of halogens is 2. The number of alkyl halides is 2. The number of hydrogen-bond acceptors (Lipinski definition) is 4. The summed E-state index contributed by atoms with van der Waals surface area (Å²) in [6.07, 6.45) is 6.41. The second kappa shape index (κ2) is 11.5. The van der Waals surface area contributed by atoms with Crippen molar-refractivity contribution >= 4 is 12.0 Å². The fourth-order valence-corrected chi connectivity index (χ4v) is 3.68. The largest absolute Gasteiger partial charge is 0.489 e. The van der Waals surface area contributed by atoms with Crippen molar-refractivity contribution in [2.45, 2.75) is 32.3 Å². The van der Waals surface area contributed by atoms with E-state index in [-0.39, 0.29) is 12.2 Å². The summed E-state index contributed by atoms with van der Waals surface area (Å²) in [5.74, 6) is 0.252. The smallest absolute Gasteiger partial charge is 0.387 e. The number of fused-ring (bicyclic) bond motifs is 1. The first-order valence-electron chi connectivity index (χ1n) is 10.4. The molecule has 5 nitrogen and oxygen atoms in total. The molecule has 0 spiro atoms. The molecule has 0 unspecified atom stereocenters. The molecule has 0 fully saturated rings. The number of rotatable bonds is 10. The minimum absolute atomic E-state index is 0.132. The lowest BCUT2D eigenvalue weighted by Gasteiger charge is -2.19. The van der Waals surface area contributed by atoms with Crippen LogP contribution >= 0.6 is 0 Å². The molecule has 0 bridgehead atoms. The van der Waals surface area contributed by atoms with Gasteiger partial charge in [0.25, 0.3) is 0 Å². The van der Waals surface area contributed by atoms with E-state index in [1.54, 1.807) is 12.1 Å². The molecule has 166 valence electrons. The van der Waals surface area contributed by atoms with Gasteiger partial charge in [-0.1, -0.05) is 30.3 Å². The number of carboxylic acids is 1. The van der Waals surface area contributed by atoms with Crippen molar-refractivity contribution in [3.8, 4) is 11.5 Å². The molecule has 1 aliphatic heterocycles. The maximum Gasteiger partial charge on any atom is 0.387 e. The van der Waals surface area contributed by atoms with Crippen molar-refractivity contribution in [3.05, 3.63) is 65.2 Å². The van der Waals surface area contributed by atoms with E-state index in [4.69, 9.17) is 9.84 Å². The van der Waals surface area contributed by atoms with Crippen LogP contribution in [0.15, 0.2) is 48.5 Å². The number of carboxylic acid groups (broad SMARTS) is 1. The third kappa shape index (κ3) is 7.36. The molecule has 0 saturated heterocycles. The van der Waals surface area contributed by atoms with Gasteiger partial charge in [0.2, 0.25) is 0 Å². The summed E-state index contributed by atoms with van der Waals surface area (Å²) in [7, 11) is 0. The molecule has 31 heavy (non-hydrogen) atoms. The van der Waals surface area contributed by atoms with E-state index in [0.29, 0.717) is 13.0 Å². The van der Waals surface area contributed by atoms with Crippen molar-refractivity contribution in [3.63, 3.8) is 0 Å². The highest BCUT2D eigenvalue weighted by Crippen LogP contribution is 2.26. The van der Waals surface area contributed by atoms with Crippen LogP contribution in [0.4, 0.5) is 8.78 Å². The summed E-state index contributed by atoms with van der Waals surface area (Å²) in [6.45, 7) is 0.165. The van der Waals surface area contributed by atoms with Crippen LogP contribution in [0.25, 0.3) is 6.08 Å². The normalized spacial score (nSPS) is 14.4. The van der Waals surface area contributed by atoms with Gasteiger partial charge >= 0.3 is 12.6 Å². The van der Waals surface area contributed by atoms with E-state index < -0.39 is 12.6 Å². The predicted octanol–water partition coefficient (Wildman–Crippen LogP) is 4.65. The second-order valence-corrected chi connectivity index (χ2v) is 7.39. The Kier molecular flexibility index (Phi) is 8.41. The molecule has 1 N–H and O–H groups in total. The van der Waals surface area contributed by atoms with E-state index in [2.05, 4.69) is 15.7 Å². The van der Waals surface area contributed by atoms with Crippen LogP contribution in [0.1, 0.15) is 29.5 Å². The number of aliphatic carboxylic acids is 1. The molecular weight excluding hydrogens is 404 g/mol. The molecule has 1 heterocycles. The quantitative estimate of drug-likeness (QED) is 0.594. The van der Waals surface area contributed by atoms with E-state index in [1.165, 1.54) is 23.3 Å². The molecule has 3 rings (SSSR count). The Balaban J connectivity index is 1.52. The SMILES string of the molecule is O=C(O)CCCN1CCc2cccc(OC/C=C/c3ccc(OC(F)F)cc3)c2CC1. The van der Waals surface area contributed by atoms with Gasteiger partial charge in [0.1, 0.15) is 18.1 Å². The summed E-state index contributed by atoms with van der Waals surface area (Å²) in [6, 6.07) is 12.5. The Bertz CT molecular complexity index is 884. The lowest BCUT2D eigenvalue weighted by Crippen LogP contribution is -2.27. The van der Waals surface area contributed by atoms with Crippen molar-refractivity contribution < 1.29 is 28.2 Å². The number of hydrogen-bond donors (Lipinski definition) is 1. The van der Waals surface area contributed by atoms with Crippen molar-refractivity contribution in [1.29, 1.82) is 0 Å². The van der Waals surface area contributed by atoms with Gasteiger partial charge in [-0.3, -0.25) is 4.79 Å². The Morgan fingerprint density at radius 2 is 1.90 bits per heavy atom. The zero-order valence-corrected chi connectivity index (χ0v) is 17.3. The van der Waals surface area contributed by atoms with Crippen LogP contribution in [0, 0.1) is 0 Å². The number of ether oxygens (including phenoxy) is 2. The van der Waals surface area contributed by atoms with Crippen LogP contribution < -0.4 is 9.47 Å². The molecule has 0 atom stereocenters. The lowest BCUT2D eigenvalue weighted by molar-refractivity contribution is -0.137. The maximum absolute atomic E-state index is 12.2. The number of benzene rings is 2. The van der Waals surface area contributed by atoms with Crippen LogP contribution in [0.3, 0.4) is 0 Å². The molecule has 2 aromatic rings. The third-order valence-corrected chi connectivity index (χ3v) is 5.22. The van der Waals surface area contributed by atoms with E-state index in [9.17, 15) is 13.6 Å². The summed E-state index contributed by atoms with van der Waals surface area (Å²) in [5, 5.41) is 8.82. The predicted molar refractivity (Wildman–Crippen MR) is 115 cm³/mol. The monoisotopic (exact) mass is 431 g/mol. The zero-order valence-electron chi connectivity index (χ0n) is 17.3. The first-order chi connectivity index (χ1) is 15.0. The topological polar surface area (TPSA) is 59.0 Å². The van der Waals surface area contributed by atoms with Gasteiger partial charge < -0.3 is 19.5 Å². The van der Waals surface area contributed by atoms with Gasteiger partial charge in [0.15, 0.2) is 0 Å². The lowest BCUT2D eigenvalue weighted by atomic mass is 10.0. The van der Waals surface area contributed by atoms with Gasteiger partial charge in [-0.2, -0.15) is 8.78 Å². The molecule has 2 aromatic carbocycles. The van der Waals surface area contributed by atoms with Crippen molar-refractivity contribution in [2.24, 2.45) is 0 Å². The highest BCUT2D eigenvalue weighted by Gasteiger charge is 2.17. The highest BCUT2D eigenvalue weighted by molar-refractivity contribution is 5.66. The molecule has 0 saturated carbocycles. The second-order valence-electron chi connectivity index (χ2n) is 7.39. The summed E-state index contributed by atoms with van der Waals surface area (Å²) < 4.78 is 34.8. The Labute approximate surface area is 180 Å². The minimum Gasteiger partial charge on any atom is -0.489 e. The van der Waals surface area contributed by atoms with Crippen LogP contribution in [-0.4, -0.2) is 48.8 Å². The number of nitrogens with zero attached hydrogens (tertiary/aromatic N) is 1. The first kappa shape index (κ1) is 22.7.